The van der Waals surface area contributed by atoms with Crippen LogP contribution in [0.2, 0.25) is 0 Å². The largest absolute Gasteiger partial charge is 0.398 e. The van der Waals surface area contributed by atoms with E-state index in [1.807, 2.05) is 12.1 Å². The third-order valence-corrected chi connectivity index (χ3v) is 5.30. The molecule has 2 aromatic heterocycles. The van der Waals surface area contributed by atoms with E-state index >= 15 is 0 Å². The molecule has 0 spiro atoms. The number of anilines is 2. The van der Waals surface area contributed by atoms with Crippen LogP contribution >= 0.6 is 22.7 Å². The average Bonchev–Trinajstić information content (AvgIpc) is 3.00. The lowest BCUT2D eigenvalue weighted by atomic mass is 10.0. The molecule has 0 aliphatic heterocycles. The molecule has 102 valence electrons. The highest BCUT2D eigenvalue weighted by Crippen LogP contribution is 2.39. The van der Waals surface area contributed by atoms with Gasteiger partial charge in [0.15, 0.2) is 0 Å². The van der Waals surface area contributed by atoms with E-state index in [4.69, 9.17) is 11.5 Å². The van der Waals surface area contributed by atoms with Gasteiger partial charge in [0.1, 0.15) is 0 Å². The molecule has 1 aromatic carbocycles. The van der Waals surface area contributed by atoms with Gasteiger partial charge in [0.25, 0.3) is 0 Å². The molecule has 4 heteroatoms. The van der Waals surface area contributed by atoms with Crippen molar-refractivity contribution in [2.45, 2.75) is 13.8 Å². The molecule has 0 radical (unpaired) electrons. The molecule has 0 amide bonds. The molecule has 2 heterocycles. The Kier molecular flexibility index (Phi) is 3.28. The van der Waals surface area contributed by atoms with Gasteiger partial charge in [-0.15, -0.1) is 22.7 Å². The molecule has 0 saturated carbocycles. The fourth-order valence-corrected chi connectivity index (χ4v) is 4.03. The number of hydrogen-bond donors (Lipinski definition) is 2. The second-order valence-electron chi connectivity index (χ2n) is 4.85. The van der Waals surface area contributed by atoms with Gasteiger partial charge in [-0.1, -0.05) is 0 Å². The number of benzene rings is 1. The summed E-state index contributed by atoms with van der Waals surface area (Å²) in [6.07, 6.45) is 0. The fourth-order valence-electron chi connectivity index (χ4n) is 2.22. The summed E-state index contributed by atoms with van der Waals surface area (Å²) in [6.45, 7) is 4.19. The number of aryl methyl sites for hydroxylation is 2. The van der Waals surface area contributed by atoms with Crippen LogP contribution in [0.1, 0.15) is 9.75 Å². The number of rotatable bonds is 2. The lowest BCUT2D eigenvalue weighted by Crippen LogP contribution is -1.95. The van der Waals surface area contributed by atoms with Crippen molar-refractivity contribution in [1.29, 1.82) is 0 Å². The lowest BCUT2D eigenvalue weighted by Gasteiger charge is -2.09. The highest BCUT2D eigenvalue weighted by Gasteiger charge is 2.12. The van der Waals surface area contributed by atoms with E-state index in [9.17, 15) is 0 Å². The molecule has 0 aliphatic carbocycles. The summed E-state index contributed by atoms with van der Waals surface area (Å²) >= 11 is 3.47. The summed E-state index contributed by atoms with van der Waals surface area (Å²) in [6, 6.07) is 12.4. The monoisotopic (exact) mass is 300 g/mol. The van der Waals surface area contributed by atoms with Crippen molar-refractivity contribution >= 4 is 34.0 Å². The standard InChI is InChI=1S/C16H16N2S2/c1-9-3-5-15(19-9)11-7-14(18)12(8-13(11)17)16-6-4-10(2)20-16/h3-8H,17-18H2,1-2H3. The van der Waals surface area contributed by atoms with Gasteiger partial charge in [-0.2, -0.15) is 0 Å². The van der Waals surface area contributed by atoms with E-state index in [0.29, 0.717) is 0 Å². The molecule has 0 bridgehead atoms. The second kappa shape index (κ2) is 4.96. The second-order valence-corrected chi connectivity index (χ2v) is 7.42. The van der Waals surface area contributed by atoms with Gasteiger partial charge in [-0.3, -0.25) is 0 Å². The van der Waals surface area contributed by atoms with Crippen LogP contribution in [0.5, 0.6) is 0 Å². The summed E-state index contributed by atoms with van der Waals surface area (Å²) in [7, 11) is 0. The Labute approximate surface area is 126 Å². The molecule has 2 nitrogen and oxygen atoms in total. The summed E-state index contributed by atoms with van der Waals surface area (Å²) < 4.78 is 0. The molecule has 0 atom stereocenters. The topological polar surface area (TPSA) is 52.0 Å². The van der Waals surface area contributed by atoms with E-state index in [-0.39, 0.29) is 0 Å². The molecule has 0 saturated heterocycles. The summed E-state index contributed by atoms with van der Waals surface area (Å²) in [5.74, 6) is 0. The van der Waals surface area contributed by atoms with Crippen molar-refractivity contribution in [3.63, 3.8) is 0 Å². The first-order valence-electron chi connectivity index (χ1n) is 6.37. The molecule has 0 unspecified atom stereocenters. The van der Waals surface area contributed by atoms with Crippen LogP contribution in [0.15, 0.2) is 36.4 Å². The minimum atomic E-state index is 0.780. The molecule has 4 N–H and O–H groups in total. The normalized spacial score (nSPS) is 10.9. The minimum absolute atomic E-state index is 0.780. The fraction of sp³-hybridized carbons (Fsp3) is 0.125. The molecule has 3 aromatic rings. The smallest absolute Gasteiger partial charge is 0.0410 e. The van der Waals surface area contributed by atoms with Crippen molar-refractivity contribution < 1.29 is 0 Å². The summed E-state index contributed by atoms with van der Waals surface area (Å²) in [4.78, 5) is 4.88. The van der Waals surface area contributed by atoms with Crippen LogP contribution in [0.4, 0.5) is 11.4 Å². The van der Waals surface area contributed by atoms with Gasteiger partial charge in [0, 0.05) is 42.0 Å². The Morgan fingerprint density at radius 2 is 1.10 bits per heavy atom. The predicted molar refractivity (Wildman–Crippen MR) is 91.4 cm³/mol. The van der Waals surface area contributed by atoms with Crippen LogP contribution in [-0.2, 0) is 0 Å². The first-order valence-corrected chi connectivity index (χ1v) is 8.00. The summed E-state index contributed by atoms with van der Waals surface area (Å²) in [5, 5.41) is 0. The van der Waals surface area contributed by atoms with E-state index in [1.54, 1.807) is 22.7 Å². The molecule has 3 rings (SSSR count). The highest BCUT2D eigenvalue weighted by atomic mass is 32.1. The van der Waals surface area contributed by atoms with Crippen LogP contribution in [0.3, 0.4) is 0 Å². The highest BCUT2D eigenvalue weighted by molar-refractivity contribution is 7.15. The summed E-state index contributed by atoms with van der Waals surface area (Å²) in [5.41, 5.74) is 16.1. The van der Waals surface area contributed by atoms with Gasteiger partial charge >= 0.3 is 0 Å². The minimum Gasteiger partial charge on any atom is -0.398 e. The number of nitrogens with two attached hydrogens (primary N) is 2. The molecule has 0 fully saturated rings. The number of hydrogen-bond acceptors (Lipinski definition) is 4. The van der Waals surface area contributed by atoms with E-state index in [2.05, 4.69) is 38.1 Å². The quantitative estimate of drug-likeness (QED) is 0.660. The average molecular weight is 300 g/mol. The molecule has 20 heavy (non-hydrogen) atoms. The Hall–Kier alpha value is -1.78. The Morgan fingerprint density at radius 1 is 0.700 bits per heavy atom. The Morgan fingerprint density at radius 3 is 1.40 bits per heavy atom. The van der Waals surface area contributed by atoms with E-state index in [1.165, 1.54) is 19.5 Å². The Balaban J connectivity index is 2.11. The van der Waals surface area contributed by atoms with Crippen molar-refractivity contribution in [2.24, 2.45) is 0 Å². The van der Waals surface area contributed by atoms with Gasteiger partial charge in [0.2, 0.25) is 0 Å². The maximum Gasteiger partial charge on any atom is 0.0410 e. The predicted octanol–water partition coefficient (Wildman–Crippen LogP) is 4.92. The van der Waals surface area contributed by atoms with E-state index in [0.717, 1.165) is 22.5 Å². The lowest BCUT2D eigenvalue weighted by molar-refractivity contribution is 1.63. The SMILES string of the molecule is Cc1ccc(-c2cc(N)c(-c3ccc(C)s3)cc2N)s1. The van der Waals surface area contributed by atoms with Crippen LogP contribution < -0.4 is 11.5 Å². The van der Waals surface area contributed by atoms with Crippen LogP contribution in [-0.4, -0.2) is 0 Å². The van der Waals surface area contributed by atoms with Gasteiger partial charge < -0.3 is 11.5 Å². The number of nitrogen functional groups attached to an aromatic ring is 2. The third-order valence-electron chi connectivity index (χ3n) is 3.23. The van der Waals surface area contributed by atoms with Crippen LogP contribution in [0, 0.1) is 13.8 Å². The number of thiophene rings is 2. The Bertz CT molecular complexity index is 703. The van der Waals surface area contributed by atoms with Crippen molar-refractivity contribution in [2.75, 3.05) is 11.5 Å². The van der Waals surface area contributed by atoms with E-state index < -0.39 is 0 Å². The van der Waals surface area contributed by atoms with Gasteiger partial charge in [-0.25, -0.2) is 0 Å². The maximum atomic E-state index is 6.23. The van der Waals surface area contributed by atoms with Crippen molar-refractivity contribution in [1.82, 2.24) is 0 Å². The molecular formula is C16H16N2S2. The van der Waals surface area contributed by atoms with Crippen molar-refractivity contribution in [3.05, 3.63) is 46.2 Å². The zero-order valence-corrected chi connectivity index (χ0v) is 13.1. The van der Waals surface area contributed by atoms with Gasteiger partial charge in [0.05, 0.1) is 0 Å². The first kappa shape index (κ1) is 13.2. The zero-order valence-electron chi connectivity index (χ0n) is 11.4. The molecular weight excluding hydrogens is 284 g/mol. The maximum absolute atomic E-state index is 6.23. The molecule has 0 aliphatic rings. The van der Waals surface area contributed by atoms with Gasteiger partial charge in [-0.05, 0) is 50.2 Å². The third kappa shape index (κ3) is 2.32. The zero-order chi connectivity index (χ0) is 14.3. The first-order chi connectivity index (χ1) is 9.54. The van der Waals surface area contributed by atoms with Crippen molar-refractivity contribution in [3.8, 4) is 20.9 Å². The van der Waals surface area contributed by atoms with Crippen LogP contribution in [0.25, 0.3) is 20.9 Å².